The van der Waals surface area contributed by atoms with Crippen LogP contribution in [0, 0.1) is 16.0 Å². The number of aromatic nitrogens is 1. The van der Waals surface area contributed by atoms with Gasteiger partial charge in [-0.25, -0.2) is 4.98 Å². The number of non-ortho nitro benzene ring substituents is 1. The predicted molar refractivity (Wildman–Crippen MR) is 77.7 cm³/mol. The Hall–Kier alpha value is -2.21. The number of pyridine rings is 1. The summed E-state index contributed by atoms with van der Waals surface area (Å²) in [7, 11) is 0. The Morgan fingerprint density at radius 3 is 2.70 bits per heavy atom. The normalized spacial score (nSPS) is 12.6. The molecule has 1 aromatic heterocycles. The van der Waals surface area contributed by atoms with Crippen LogP contribution < -0.4 is 5.32 Å². The van der Waals surface area contributed by atoms with E-state index in [9.17, 15) is 15.2 Å². The Labute approximate surface area is 116 Å². The van der Waals surface area contributed by atoms with Gasteiger partial charge in [0.05, 0.1) is 23.1 Å². The van der Waals surface area contributed by atoms with Crippen molar-refractivity contribution in [2.45, 2.75) is 19.9 Å². The number of aliphatic hydroxyl groups excluding tert-OH is 1. The van der Waals surface area contributed by atoms with Crippen LogP contribution in [0.3, 0.4) is 0 Å². The molecule has 0 saturated carbocycles. The molecule has 1 heterocycles. The maximum atomic E-state index is 10.7. The number of benzene rings is 1. The van der Waals surface area contributed by atoms with E-state index >= 15 is 0 Å². The minimum absolute atomic E-state index is 0.0254. The lowest BCUT2D eigenvalue weighted by atomic mass is 10.1. The predicted octanol–water partition coefficient (Wildman–Crippen LogP) is 2.57. The third-order valence-corrected chi connectivity index (χ3v) is 3.22. The Morgan fingerprint density at radius 1 is 1.35 bits per heavy atom. The largest absolute Gasteiger partial charge is 0.394 e. The lowest BCUT2D eigenvalue weighted by molar-refractivity contribution is -0.384. The average molecular weight is 275 g/mol. The average Bonchev–Trinajstić information content (AvgIpc) is 2.43. The maximum Gasteiger partial charge on any atom is 0.270 e. The van der Waals surface area contributed by atoms with Crippen molar-refractivity contribution < 1.29 is 10.0 Å². The van der Waals surface area contributed by atoms with Gasteiger partial charge in [0.25, 0.3) is 5.69 Å². The summed E-state index contributed by atoms with van der Waals surface area (Å²) in [5.74, 6) is 0.925. The number of nitrogens with zero attached hydrogens (tertiary/aromatic N) is 2. The zero-order valence-corrected chi connectivity index (χ0v) is 11.4. The molecule has 20 heavy (non-hydrogen) atoms. The van der Waals surface area contributed by atoms with E-state index in [2.05, 4.69) is 10.3 Å². The van der Waals surface area contributed by atoms with Gasteiger partial charge < -0.3 is 10.4 Å². The smallest absolute Gasteiger partial charge is 0.270 e. The summed E-state index contributed by atoms with van der Waals surface area (Å²) in [5, 5.41) is 23.9. The molecule has 106 valence electrons. The van der Waals surface area contributed by atoms with E-state index in [1.165, 1.54) is 12.1 Å². The number of rotatable bonds is 5. The van der Waals surface area contributed by atoms with E-state index in [0.29, 0.717) is 11.3 Å². The molecule has 6 nitrogen and oxygen atoms in total. The SMILES string of the molecule is CC(C)[C@@H](CO)Nc1ccc2cc([N+](=O)[O-])ccc2n1. The monoisotopic (exact) mass is 275 g/mol. The molecule has 0 amide bonds. The first-order chi connectivity index (χ1) is 9.51. The molecule has 0 bridgehead atoms. The summed E-state index contributed by atoms with van der Waals surface area (Å²) in [4.78, 5) is 14.7. The van der Waals surface area contributed by atoms with E-state index < -0.39 is 4.92 Å². The molecule has 0 aliphatic heterocycles. The lowest BCUT2D eigenvalue weighted by Crippen LogP contribution is -2.29. The second-order valence-electron chi connectivity index (χ2n) is 5.01. The summed E-state index contributed by atoms with van der Waals surface area (Å²) >= 11 is 0. The number of hydrogen-bond acceptors (Lipinski definition) is 5. The second-order valence-corrected chi connectivity index (χ2v) is 5.01. The van der Waals surface area contributed by atoms with Gasteiger partial charge in [-0.1, -0.05) is 13.8 Å². The lowest BCUT2D eigenvalue weighted by Gasteiger charge is -2.20. The van der Waals surface area contributed by atoms with E-state index in [1.54, 1.807) is 18.2 Å². The van der Waals surface area contributed by atoms with E-state index in [-0.39, 0.29) is 24.3 Å². The summed E-state index contributed by atoms with van der Waals surface area (Å²) in [6.45, 7) is 4.05. The van der Waals surface area contributed by atoms with Gasteiger partial charge in [0, 0.05) is 17.5 Å². The van der Waals surface area contributed by atoms with Crippen molar-refractivity contribution in [3.63, 3.8) is 0 Å². The molecule has 0 spiro atoms. The van der Waals surface area contributed by atoms with Crippen molar-refractivity contribution in [1.82, 2.24) is 4.98 Å². The third kappa shape index (κ3) is 3.03. The van der Waals surface area contributed by atoms with Crippen LogP contribution in [0.1, 0.15) is 13.8 Å². The minimum atomic E-state index is -0.424. The van der Waals surface area contributed by atoms with E-state index in [0.717, 1.165) is 5.39 Å². The number of hydrogen-bond donors (Lipinski definition) is 2. The molecule has 2 aromatic rings. The molecule has 1 aromatic carbocycles. The fourth-order valence-corrected chi connectivity index (χ4v) is 1.92. The third-order valence-electron chi connectivity index (χ3n) is 3.22. The molecular formula is C14H17N3O3. The van der Waals surface area contributed by atoms with E-state index in [4.69, 9.17) is 0 Å². The number of nitro benzene ring substituents is 1. The van der Waals surface area contributed by atoms with Crippen LogP contribution >= 0.6 is 0 Å². The fraction of sp³-hybridized carbons (Fsp3) is 0.357. The Balaban J connectivity index is 2.30. The van der Waals surface area contributed by atoms with Gasteiger partial charge in [0.1, 0.15) is 5.82 Å². The first kappa shape index (κ1) is 14.2. The zero-order valence-electron chi connectivity index (χ0n) is 11.4. The highest BCUT2D eigenvalue weighted by Gasteiger charge is 2.13. The van der Waals surface area contributed by atoms with Gasteiger partial charge in [-0.3, -0.25) is 10.1 Å². The Kier molecular flexibility index (Phi) is 4.14. The van der Waals surface area contributed by atoms with Crippen molar-refractivity contribution in [3.05, 3.63) is 40.4 Å². The molecule has 0 aliphatic rings. The highest BCUT2D eigenvalue weighted by Crippen LogP contribution is 2.21. The van der Waals surface area contributed by atoms with Crippen LogP contribution in [0.4, 0.5) is 11.5 Å². The van der Waals surface area contributed by atoms with Gasteiger partial charge in [-0.05, 0) is 24.1 Å². The highest BCUT2D eigenvalue weighted by atomic mass is 16.6. The van der Waals surface area contributed by atoms with Crippen molar-refractivity contribution in [2.75, 3.05) is 11.9 Å². The van der Waals surface area contributed by atoms with Crippen molar-refractivity contribution in [3.8, 4) is 0 Å². The van der Waals surface area contributed by atoms with Gasteiger partial charge in [-0.15, -0.1) is 0 Å². The summed E-state index contributed by atoms with van der Waals surface area (Å²) in [6.07, 6.45) is 0. The van der Waals surface area contributed by atoms with Crippen molar-refractivity contribution >= 4 is 22.4 Å². The molecule has 2 N–H and O–H groups in total. The molecule has 2 rings (SSSR count). The first-order valence-electron chi connectivity index (χ1n) is 6.44. The second kappa shape index (κ2) is 5.83. The van der Waals surface area contributed by atoms with Gasteiger partial charge >= 0.3 is 0 Å². The molecule has 1 atom stereocenters. The van der Waals surface area contributed by atoms with Gasteiger partial charge in [-0.2, -0.15) is 0 Å². The highest BCUT2D eigenvalue weighted by molar-refractivity contribution is 5.82. The Morgan fingerprint density at radius 2 is 2.10 bits per heavy atom. The molecule has 0 saturated heterocycles. The van der Waals surface area contributed by atoms with Crippen molar-refractivity contribution in [2.24, 2.45) is 5.92 Å². The zero-order chi connectivity index (χ0) is 14.7. The van der Waals surface area contributed by atoms with Gasteiger partial charge in [0.15, 0.2) is 0 Å². The Bertz CT molecular complexity index is 628. The number of aliphatic hydroxyl groups is 1. The van der Waals surface area contributed by atoms with Crippen LogP contribution in [-0.2, 0) is 0 Å². The molecule has 6 heteroatoms. The molecule has 0 radical (unpaired) electrons. The number of fused-ring (bicyclic) bond motifs is 1. The van der Waals surface area contributed by atoms with Gasteiger partial charge in [0.2, 0.25) is 0 Å². The minimum Gasteiger partial charge on any atom is -0.394 e. The number of nitrogens with one attached hydrogen (secondary N) is 1. The molecule has 0 unspecified atom stereocenters. The molecular weight excluding hydrogens is 258 g/mol. The summed E-state index contributed by atoms with van der Waals surface area (Å²) < 4.78 is 0. The van der Waals surface area contributed by atoms with Crippen LogP contribution in [0.2, 0.25) is 0 Å². The summed E-state index contributed by atoms with van der Waals surface area (Å²) in [6, 6.07) is 8.03. The van der Waals surface area contributed by atoms with Crippen LogP contribution in [0.25, 0.3) is 10.9 Å². The number of anilines is 1. The van der Waals surface area contributed by atoms with Crippen molar-refractivity contribution in [1.29, 1.82) is 0 Å². The van der Waals surface area contributed by atoms with Crippen LogP contribution in [0.5, 0.6) is 0 Å². The topological polar surface area (TPSA) is 88.3 Å². The van der Waals surface area contributed by atoms with Crippen LogP contribution in [0.15, 0.2) is 30.3 Å². The van der Waals surface area contributed by atoms with Crippen LogP contribution in [-0.4, -0.2) is 27.7 Å². The summed E-state index contributed by atoms with van der Waals surface area (Å²) in [5.41, 5.74) is 0.733. The first-order valence-corrected chi connectivity index (χ1v) is 6.44. The molecule has 0 fully saturated rings. The maximum absolute atomic E-state index is 10.7. The quantitative estimate of drug-likeness (QED) is 0.646. The molecule has 0 aliphatic carbocycles. The standard InChI is InChI=1S/C14H17N3O3/c1-9(2)13(8-18)16-14-6-3-10-7-11(17(19)20)4-5-12(10)15-14/h3-7,9,13,18H,8H2,1-2H3,(H,15,16)/t13-/m1/s1. The number of nitro groups is 1. The fourth-order valence-electron chi connectivity index (χ4n) is 1.92. The van der Waals surface area contributed by atoms with E-state index in [1.807, 2.05) is 13.8 Å².